The average molecular weight is 556 g/mol. The molecule has 0 aliphatic rings. The molecule has 0 radical (unpaired) electrons. The molecule has 0 fully saturated rings. The summed E-state index contributed by atoms with van der Waals surface area (Å²) in [5, 5.41) is 6.07. The van der Waals surface area contributed by atoms with Crippen molar-refractivity contribution in [2.75, 3.05) is 11.9 Å². The maximum absolute atomic E-state index is 14.1. The molecule has 0 aliphatic heterocycles. The molecule has 212 valence electrons. The Kier molecular flexibility index (Phi) is 11.6. The summed E-state index contributed by atoms with van der Waals surface area (Å²) in [6.45, 7) is 17.0. The summed E-state index contributed by atoms with van der Waals surface area (Å²) >= 11 is 6.41. The molecule has 2 rings (SSSR count). The standard InChI is InChI=1S/C31H42ClN3O4/c1-9-18-35(29(37)25(19-20(3)4)33-30(38)39-31(6,7)8)27(23-16-14-22(10-2)15-17-23)28(36)34-26-21(5)12-11-13-24(26)32/h9,11-17,20,25,27H,1,10,18-19H2,2-8H3,(H,33,38)(H,34,36). The van der Waals surface area contributed by atoms with Crippen molar-refractivity contribution in [2.45, 2.75) is 79.0 Å². The van der Waals surface area contributed by atoms with E-state index in [2.05, 4.69) is 17.2 Å². The number of amides is 3. The molecule has 8 heteroatoms. The Hall–Kier alpha value is -3.32. The molecular weight excluding hydrogens is 514 g/mol. The van der Waals surface area contributed by atoms with E-state index < -0.39 is 35.6 Å². The number of aryl methyl sites for hydroxylation is 2. The second-order valence-electron chi connectivity index (χ2n) is 11.0. The van der Waals surface area contributed by atoms with Crippen LogP contribution in [0.5, 0.6) is 0 Å². The van der Waals surface area contributed by atoms with Gasteiger partial charge in [0.15, 0.2) is 0 Å². The fraction of sp³-hybridized carbons (Fsp3) is 0.452. The number of para-hydroxylation sites is 1. The number of nitrogens with one attached hydrogen (secondary N) is 2. The Morgan fingerprint density at radius 2 is 1.74 bits per heavy atom. The lowest BCUT2D eigenvalue weighted by Crippen LogP contribution is -2.52. The van der Waals surface area contributed by atoms with Crippen LogP contribution in [0.2, 0.25) is 5.02 Å². The Balaban J connectivity index is 2.55. The van der Waals surface area contributed by atoms with Crippen LogP contribution in [-0.4, -0.2) is 41.0 Å². The number of alkyl carbamates (subject to hydrolysis) is 1. The summed E-state index contributed by atoms with van der Waals surface area (Å²) < 4.78 is 5.43. The van der Waals surface area contributed by atoms with Crippen molar-refractivity contribution in [1.29, 1.82) is 0 Å². The fourth-order valence-electron chi connectivity index (χ4n) is 4.19. The van der Waals surface area contributed by atoms with Crippen molar-refractivity contribution in [3.63, 3.8) is 0 Å². The first-order chi connectivity index (χ1) is 18.3. The second kappa shape index (κ2) is 14.2. The first-order valence-corrected chi connectivity index (χ1v) is 13.7. The first-order valence-electron chi connectivity index (χ1n) is 13.3. The van der Waals surface area contributed by atoms with Crippen LogP contribution in [0.25, 0.3) is 0 Å². The number of rotatable bonds is 11. The van der Waals surface area contributed by atoms with Crippen LogP contribution >= 0.6 is 11.6 Å². The smallest absolute Gasteiger partial charge is 0.408 e. The number of anilines is 1. The molecular formula is C31H42ClN3O4. The highest BCUT2D eigenvalue weighted by atomic mass is 35.5. The molecule has 2 aromatic carbocycles. The zero-order valence-electron chi connectivity index (χ0n) is 24.1. The van der Waals surface area contributed by atoms with E-state index in [9.17, 15) is 14.4 Å². The molecule has 0 saturated heterocycles. The summed E-state index contributed by atoms with van der Waals surface area (Å²) in [6.07, 6.45) is 2.07. The minimum Gasteiger partial charge on any atom is -0.444 e. The molecule has 0 bridgehead atoms. The van der Waals surface area contributed by atoms with Gasteiger partial charge < -0.3 is 20.3 Å². The summed E-state index contributed by atoms with van der Waals surface area (Å²) in [5.41, 5.74) is 2.28. The molecule has 7 nitrogen and oxygen atoms in total. The van der Waals surface area contributed by atoms with Crippen molar-refractivity contribution in [3.8, 4) is 0 Å². The SMILES string of the molecule is C=CCN(C(=O)C(CC(C)C)NC(=O)OC(C)(C)C)C(C(=O)Nc1c(C)cccc1Cl)c1ccc(CC)cc1. The second-order valence-corrected chi connectivity index (χ2v) is 11.4. The van der Waals surface area contributed by atoms with E-state index in [0.717, 1.165) is 17.5 Å². The number of hydrogen-bond donors (Lipinski definition) is 2. The maximum atomic E-state index is 14.1. The fourth-order valence-corrected chi connectivity index (χ4v) is 4.46. The zero-order chi connectivity index (χ0) is 29.3. The monoisotopic (exact) mass is 555 g/mol. The van der Waals surface area contributed by atoms with Gasteiger partial charge in [-0.2, -0.15) is 0 Å². The molecule has 0 heterocycles. The first kappa shape index (κ1) is 31.9. The Labute approximate surface area is 237 Å². The van der Waals surface area contributed by atoms with Crippen LogP contribution in [-0.2, 0) is 20.7 Å². The number of nitrogens with zero attached hydrogens (tertiary/aromatic N) is 1. The van der Waals surface area contributed by atoms with Crippen molar-refractivity contribution >= 4 is 35.2 Å². The zero-order valence-corrected chi connectivity index (χ0v) is 24.9. The van der Waals surface area contributed by atoms with Crippen molar-refractivity contribution in [2.24, 2.45) is 5.92 Å². The number of carbonyl (C=O) groups excluding carboxylic acids is 3. The van der Waals surface area contributed by atoms with E-state index in [0.29, 0.717) is 22.7 Å². The van der Waals surface area contributed by atoms with Gasteiger partial charge in [-0.3, -0.25) is 9.59 Å². The topological polar surface area (TPSA) is 87.7 Å². The normalized spacial score (nSPS) is 12.8. The highest BCUT2D eigenvalue weighted by Crippen LogP contribution is 2.30. The van der Waals surface area contributed by atoms with E-state index in [1.807, 2.05) is 58.0 Å². The molecule has 2 aromatic rings. The van der Waals surface area contributed by atoms with Crippen LogP contribution in [0.4, 0.5) is 10.5 Å². The molecule has 3 amide bonds. The van der Waals surface area contributed by atoms with E-state index in [-0.39, 0.29) is 12.5 Å². The largest absolute Gasteiger partial charge is 0.444 e. The summed E-state index contributed by atoms with van der Waals surface area (Å²) in [5.74, 6) is -0.752. The van der Waals surface area contributed by atoms with Gasteiger partial charge in [-0.1, -0.05) is 74.8 Å². The van der Waals surface area contributed by atoms with Gasteiger partial charge in [-0.25, -0.2) is 4.79 Å². The van der Waals surface area contributed by atoms with Gasteiger partial charge in [0.25, 0.3) is 5.91 Å². The molecule has 0 spiro atoms. The Morgan fingerprint density at radius 1 is 1.10 bits per heavy atom. The van der Waals surface area contributed by atoms with Gasteiger partial charge in [0.2, 0.25) is 5.91 Å². The van der Waals surface area contributed by atoms with E-state index in [1.54, 1.807) is 39.0 Å². The molecule has 2 atom stereocenters. The maximum Gasteiger partial charge on any atom is 0.408 e. The lowest BCUT2D eigenvalue weighted by Gasteiger charge is -2.34. The van der Waals surface area contributed by atoms with E-state index in [4.69, 9.17) is 16.3 Å². The lowest BCUT2D eigenvalue weighted by atomic mass is 9.98. The lowest BCUT2D eigenvalue weighted by molar-refractivity contribution is -0.140. The van der Waals surface area contributed by atoms with Crippen LogP contribution in [0.3, 0.4) is 0 Å². The van der Waals surface area contributed by atoms with Crippen LogP contribution in [0.15, 0.2) is 55.1 Å². The van der Waals surface area contributed by atoms with E-state index in [1.165, 1.54) is 4.90 Å². The number of ether oxygens (including phenoxy) is 1. The predicted molar refractivity (Wildman–Crippen MR) is 158 cm³/mol. The highest BCUT2D eigenvalue weighted by molar-refractivity contribution is 6.34. The Bertz CT molecular complexity index is 1140. The third-order valence-electron chi connectivity index (χ3n) is 6.04. The molecule has 2 N–H and O–H groups in total. The summed E-state index contributed by atoms with van der Waals surface area (Å²) in [7, 11) is 0. The summed E-state index contributed by atoms with van der Waals surface area (Å²) in [6, 6.07) is 11.0. The summed E-state index contributed by atoms with van der Waals surface area (Å²) in [4.78, 5) is 42.2. The van der Waals surface area contributed by atoms with Crippen molar-refractivity contribution in [1.82, 2.24) is 10.2 Å². The molecule has 39 heavy (non-hydrogen) atoms. The third kappa shape index (κ3) is 9.43. The quantitative estimate of drug-likeness (QED) is 0.297. The van der Waals surface area contributed by atoms with Crippen LogP contribution < -0.4 is 10.6 Å². The predicted octanol–water partition coefficient (Wildman–Crippen LogP) is 6.84. The van der Waals surface area contributed by atoms with Gasteiger partial charge in [0.1, 0.15) is 17.7 Å². The number of hydrogen-bond acceptors (Lipinski definition) is 4. The molecule has 0 aliphatic carbocycles. The van der Waals surface area contributed by atoms with Crippen molar-refractivity contribution in [3.05, 3.63) is 76.8 Å². The van der Waals surface area contributed by atoms with E-state index >= 15 is 0 Å². The van der Waals surface area contributed by atoms with Crippen LogP contribution in [0.1, 0.15) is 70.7 Å². The number of benzene rings is 2. The van der Waals surface area contributed by atoms with Gasteiger partial charge in [-0.05, 0) is 69.2 Å². The van der Waals surface area contributed by atoms with Crippen LogP contribution in [0, 0.1) is 12.8 Å². The number of carbonyl (C=O) groups is 3. The minimum atomic E-state index is -1.01. The minimum absolute atomic E-state index is 0.0819. The van der Waals surface area contributed by atoms with Gasteiger partial charge in [0.05, 0.1) is 10.7 Å². The Morgan fingerprint density at radius 3 is 2.26 bits per heavy atom. The van der Waals surface area contributed by atoms with Gasteiger partial charge in [-0.15, -0.1) is 6.58 Å². The number of halogens is 1. The molecule has 0 aromatic heterocycles. The van der Waals surface area contributed by atoms with Crippen molar-refractivity contribution < 1.29 is 19.1 Å². The van der Waals surface area contributed by atoms with Gasteiger partial charge >= 0.3 is 6.09 Å². The molecule has 0 saturated carbocycles. The molecule has 2 unspecified atom stereocenters. The average Bonchev–Trinajstić information content (AvgIpc) is 2.84. The highest BCUT2D eigenvalue weighted by Gasteiger charge is 2.36. The van der Waals surface area contributed by atoms with Gasteiger partial charge in [0, 0.05) is 6.54 Å². The third-order valence-corrected chi connectivity index (χ3v) is 6.35.